The lowest BCUT2D eigenvalue weighted by atomic mass is 10.0. The van der Waals surface area contributed by atoms with E-state index in [1.165, 1.54) is 68.9 Å². The molecule has 1 aromatic carbocycles. The molecule has 0 radical (unpaired) electrons. The van der Waals surface area contributed by atoms with Gasteiger partial charge in [-0.3, -0.25) is 0 Å². The fourth-order valence-electron chi connectivity index (χ4n) is 2.42. The number of aliphatic imine (C=N–C) groups is 1. The van der Waals surface area contributed by atoms with Crippen LogP contribution in [0.5, 0.6) is 0 Å². The normalized spacial score (nSPS) is 10.6. The summed E-state index contributed by atoms with van der Waals surface area (Å²) in [4.78, 5) is 3.88. The summed E-state index contributed by atoms with van der Waals surface area (Å²) in [7, 11) is 0. The molecular formula is C18H29N. The van der Waals surface area contributed by atoms with Crippen LogP contribution in [0, 0.1) is 0 Å². The predicted molar refractivity (Wildman–Crippen MR) is 86.3 cm³/mol. The van der Waals surface area contributed by atoms with E-state index >= 15 is 0 Å². The molecule has 19 heavy (non-hydrogen) atoms. The third-order valence-electron chi connectivity index (χ3n) is 3.59. The second-order valence-corrected chi connectivity index (χ2v) is 5.39. The molecule has 0 heterocycles. The molecule has 0 fully saturated rings. The topological polar surface area (TPSA) is 12.4 Å². The molecule has 0 unspecified atom stereocenters. The predicted octanol–water partition coefficient (Wildman–Crippen LogP) is 5.22. The van der Waals surface area contributed by atoms with E-state index in [2.05, 4.69) is 42.9 Å². The SMILES string of the molecule is C=NCCCCCCCCc1ccc(CCC)cc1. The minimum atomic E-state index is 0.935. The Hall–Kier alpha value is -1.11. The van der Waals surface area contributed by atoms with Crippen molar-refractivity contribution in [2.24, 2.45) is 4.99 Å². The molecule has 1 heteroatoms. The van der Waals surface area contributed by atoms with Crippen LogP contribution in [0.2, 0.25) is 0 Å². The van der Waals surface area contributed by atoms with Gasteiger partial charge in [0.05, 0.1) is 0 Å². The smallest absolute Gasteiger partial charge is 0.0382 e. The average molecular weight is 259 g/mol. The Balaban J connectivity index is 2.04. The van der Waals surface area contributed by atoms with Gasteiger partial charge in [-0.05, 0) is 43.5 Å². The van der Waals surface area contributed by atoms with Gasteiger partial charge in [0, 0.05) is 6.54 Å². The fourth-order valence-corrected chi connectivity index (χ4v) is 2.42. The Morgan fingerprint density at radius 1 is 0.789 bits per heavy atom. The summed E-state index contributed by atoms with van der Waals surface area (Å²) in [6.45, 7) is 6.68. The maximum atomic E-state index is 3.88. The summed E-state index contributed by atoms with van der Waals surface area (Å²) in [5.74, 6) is 0. The molecule has 1 aromatic rings. The maximum absolute atomic E-state index is 3.88. The largest absolute Gasteiger partial charge is 0.301 e. The van der Waals surface area contributed by atoms with Crippen molar-refractivity contribution >= 4 is 6.72 Å². The Morgan fingerprint density at radius 2 is 1.32 bits per heavy atom. The van der Waals surface area contributed by atoms with E-state index in [9.17, 15) is 0 Å². The number of unbranched alkanes of at least 4 members (excludes halogenated alkanes) is 5. The minimum Gasteiger partial charge on any atom is -0.301 e. The van der Waals surface area contributed by atoms with E-state index in [4.69, 9.17) is 0 Å². The Labute approximate surface area is 119 Å². The lowest BCUT2D eigenvalue weighted by Gasteiger charge is -2.04. The highest BCUT2D eigenvalue weighted by molar-refractivity contribution is 5.23. The summed E-state index contributed by atoms with van der Waals surface area (Å²) >= 11 is 0. The molecule has 0 aromatic heterocycles. The van der Waals surface area contributed by atoms with Crippen molar-refractivity contribution in [1.29, 1.82) is 0 Å². The molecule has 0 spiro atoms. The van der Waals surface area contributed by atoms with Crippen LogP contribution in [0.1, 0.15) is 63.0 Å². The number of hydrogen-bond acceptors (Lipinski definition) is 1. The fraction of sp³-hybridized carbons (Fsp3) is 0.611. The van der Waals surface area contributed by atoms with Gasteiger partial charge < -0.3 is 4.99 Å². The molecule has 0 aliphatic heterocycles. The average Bonchev–Trinajstić information content (AvgIpc) is 2.44. The van der Waals surface area contributed by atoms with Crippen LogP contribution >= 0.6 is 0 Å². The van der Waals surface area contributed by atoms with E-state index in [1.807, 2.05) is 0 Å². The van der Waals surface area contributed by atoms with Gasteiger partial charge in [0.2, 0.25) is 0 Å². The Kier molecular flexibility index (Phi) is 9.05. The zero-order valence-corrected chi connectivity index (χ0v) is 12.5. The van der Waals surface area contributed by atoms with E-state index in [0.717, 1.165) is 6.54 Å². The number of nitrogens with zero attached hydrogens (tertiary/aromatic N) is 1. The van der Waals surface area contributed by atoms with Crippen molar-refractivity contribution in [1.82, 2.24) is 0 Å². The molecular weight excluding hydrogens is 230 g/mol. The molecule has 0 bridgehead atoms. The zero-order valence-electron chi connectivity index (χ0n) is 12.5. The van der Waals surface area contributed by atoms with Gasteiger partial charge in [-0.25, -0.2) is 0 Å². The Bertz CT molecular complexity index is 326. The van der Waals surface area contributed by atoms with Gasteiger partial charge in [0.15, 0.2) is 0 Å². The molecule has 106 valence electrons. The van der Waals surface area contributed by atoms with Crippen molar-refractivity contribution in [3.63, 3.8) is 0 Å². The van der Waals surface area contributed by atoms with Crippen LogP contribution in [0.4, 0.5) is 0 Å². The number of rotatable bonds is 11. The second-order valence-electron chi connectivity index (χ2n) is 5.39. The first kappa shape index (κ1) is 15.9. The lowest BCUT2D eigenvalue weighted by Crippen LogP contribution is -1.89. The molecule has 0 saturated carbocycles. The second kappa shape index (κ2) is 10.8. The molecule has 1 nitrogen and oxygen atoms in total. The van der Waals surface area contributed by atoms with E-state index in [1.54, 1.807) is 0 Å². The number of aryl methyl sites for hydroxylation is 2. The summed E-state index contributed by atoms with van der Waals surface area (Å²) in [6.07, 6.45) is 11.6. The molecule has 0 atom stereocenters. The summed E-state index contributed by atoms with van der Waals surface area (Å²) in [5, 5.41) is 0. The van der Waals surface area contributed by atoms with E-state index < -0.39 is 0 Å². The van der Waals surface area contributed by atoms with E-state index in [-0.39, 0.29) is 0 Å². The van der Waals surface area contributed by atoms with Crippen molar-refractivity contribution < 1.29 is 0 Å². The standard InChI is InChI=1S/C18H29N/c1-3-10-17-12-14-18(15-13-17)11-8-6-4-5-7-9-16-19-2/h12-15H,2-11,16H2,1H3. The molecule has 0 aliphatic carbocycles. The van der Waals surface area contributed by atoms with Gasteiger partial charge in [-0.15, -0.1) is 0 Å². The molecule has 0 amide bonds. The first-order chi connectivity index (χ1) is 9.36. The zero-order chi connectivity index (χ0) is 13.8. The van der Waals surface area contributed by atoms with Crippen LogP contribution in [0.15, 0.2) is 29.3 Å². The van der Waals surface area contributed by atoms with Crippen molar-refractivity contribution in [3.8, 4) is 0 Å². The summed E-state index contributed by atoms with van der Waals surface area (Å²) < 4.78 is 0. The molecule has 0 N–H and O–H groups in total. The van der Waals surface area contributed by atoms with Gasteiger partial charge in [0.25, 0.3) is 0 Å². The highest BCUT2D eigenvalue weighted by Gasteiger charge is 1.96. The number of hydrogen-bond donors (Lipinski definition) is 0. The van der Waals surface area contributed by atoms with Crippen LogP contribution in [0.25, 0.3) is 0 Å². The first-order valence-electron chi connectivity index (χ1n) is 7.87. The molecule has 1 rings (SSSR count). The highest BCUT2D eigenvalue weighted by Crippen LogP contribution is 2.12. The van der Waals surface area contributed by atoms with Gasteiger partial charge in [0.1, 0.15) is 0 Å². The van der Waals surface area contributed by atoms with Gasteiger partial charge in [-0.2, -0.15) is 0 Å². The summed E-state index contributed by atoms with van der Waals surface area (Å²) in [5.41, 5.74) is 2.97. The van der Waals surface area contributed by atoms with Crippen LogP contribution < -0.4 is 0 Å². The van der Waals surface area contributed by atoms with Crippen molar-refractivity contribution in [2.75, 3.05) is 6.54 Å². The van der Waals surface area contributed by atoms with Crippen LogP contribution in [-0.4, -0.2) is 13.3 Å². The lowest BCUT2D eigenvalue weighted by molar-refractivity contribution is 0.598. The third kappa shape index (κ3) is 7.81. The van der Waals surface area contributed by atoms with E-state index in [0.29, 0.717) is 0 Å². The van der Waals surface area contributed by atoms with Crippen molar-refractivity contribution in [2.45, 2.75) is 64.7 Å². The number of benzene rings is 1. The highest BCUT2D eigenvalue weighted by atomic mass is 14.7. The molecule has 0 saturated heterocycles. The third-order valence-corrected chi connectivity index (χ3v) is 3.59. The minimum absolute atomic E-state index is 0.935. The van der Waals surface area contributed by atoms with Crippen LogP contribution in [-0.2, 0) is 12.8 Å². The monoisotopic (exact) mass is 259 g/mol. The first-order valence-corrected chi connectivity index (χ1v) is 7.87. The van der Waals surface area contributed by atoms with Crippen molar-refractivity contribution in [3.05, 3.63) is 35.4 Å². The maximum Gasteiger partial charge on any atom is 0.0382 e. The summed E-state index contributed by atoms with van der Waals surface area (Å²) in [6, 6.07) is 9.20. The van der Waals surface area contributed by atoms with Gasteiger partial charge in [-0.1, -0.05) is 63.3 Å². The van der Waals surface area contributed by atoms with Gasteiger partial charge >= 0.3 is 0 Å². The Morgan fingerprint density at radius 3 is 1.89 bits per heavy atom. The quantitative estimate of drug-likeness (QED) is 0.381. The molecule has 0 aliphatic rings. The van der Waals surface area contributed by atoms with Crippen LogP contribution in [0.3, 0.4) is 0 Å².